The molecule has 0 saturated carbocycles. The Morgan fingerprint density at radius 1 is 1.14 bits per heavy atom. The van der Waals surface area contributed by atoms with Gasteiger partial charge >= 0.3 is 0 Å². The zero-order chi connectivity index (χ0) is 20.4. The van der Waals surface area contributed by atoms with Gasteiger partial charge in [-0.25, -0.2) is 0 Å². The number of aromatic nitrogens is 6. The van der Waals surface area contributed by atoms with Crippen LogP contribution in [0.25, 0.3) is 11.4 Å². The summed E-state index contributed by atoms with van der Waals surface area (Å²) in [6, 6.07) is 9.10. The summed E-state index contributed by atoms with van der Waals surface area (Å²) < 4.78 is 5.32. The van der Waals surface area contributed by atoms with Crippen LogP contribution in [0.1, 0.15) is 63.2 Å². The monoisotopic (exact) mass is 395 g/mol. The van der Waals surface area contributed by atoms with E-state index in [1.165, 1.54) is 4.80 Å². The molecule has 9 nitrogen and oxygen atoms in total. The maximum atomic E-state index is 12.9. The molecule has 1 atom stereocenters. The van der Waals surface area contributed by atoms with E-state index >= 15 is 0 Å². The highest BCUT2D eigenvalue weighted by atomic mass is 16.5. The number of rotatable bonds is 5. The fourth-order valence-electron chi connectivity index (χ4n) is 3.46. The van der Waals surface area contributed by atoms with Crippen molar-refractivity contribution in [3.63, 3.8) is 0 Å². The fraction of sp³-hybridized carbons (Fsp3) is 0.500. The van der Waals surface area contributed by atoms with Crippen LogP contribution >= 0.6 is 0 Å². The average molecular weight is 395 g/mol. The topological polar surface area (TPSA) is 103 Å². The van der Waals surface area contributed by atoms with Crippen LogP contribution in [0.5, 0.6) is 0 Å². The zero-order valence-corrected chi connectivity index (χ0v) is 16.9. The molecule has 0 radical (unpaired) electrons. The summed E-state index contributed by atoms with van der Waals surface area (Å²) in [6.45, 7) is 7.17. The summed E-state index contributed by atoms with van der Waals surface area (Å²) in [5.41, 5.74) is 0.875. The molecular weight excluding hydrogens is 370 g/mol. The molecule has 0 bridgehead atoms. The first kappa shape index (κ1) is 19.2. The molecule has 0 aliphatic carbocycles. The van der Waals surface area contributed by atoms with E-state index in [0.29, 0.717) is 24.8 Å². The van der Waals surface area contributed by atoms with Crippen molar-refractivity contribution in [1.82, 2.24) is 35.2 Å². The Labute approximate surface area is 169 Å². The Hall–Kier alpha value is -3.10. The Morgan fingerprint density at radius 3 is 2.52 bits per heavy atom. The van der Waals surface area contributed by atoms with E-state index in [-0.39, 0.29) is 17.7 Å². The van der Waals surface area contributed by atoms with E-state index in [1.807, 2.05) is 49.1 Å². The smallest absolute Gasteiger partial charge is 0.249 e. The SMILES string of the molecule is CC(C)c1nc(C2CCN(C(=O)[C@@H](C)n3nnc(-c4ccccc4)n3)CC2)no1. The molecule has 1 aliphatic rings. The number of amides is 1. The van der Waals surface area contributed by atoms with E-state index in [4.69, 9.17) is 4.52 Å². The van der Waals surface area contributed by atoms with Gasteiger partial charge in [0.15, 0.2) is 5.82 Å². The average Bonchev–Trinajstić information content (AvgIpc) is 3.44. The molecule has 152 valence electrons. The molecule has 1 amide bonds. The minimum Gasteiger partial charge on any atom is -0.341 e. The second-order valence-electron chi connectivity index (χ2n) is 7.72. The number of tetrazole rings is 1. The van der Waals surface area contributed by atoms with E-state index in [2.05, 4.69) is 25.6 Å². The molecule has 9 heteroatoms. The van der Waals surface area contributed by atoms with Gasteiger partial charge in [-0.05, 0) is 25.0 Å². The first-order valence-corrected chi connectivity index (χ1v) is 10.00. The van der Waals surface area contributed by atoms with Crippen molar-refractivity contribution in [3.8, 4) is 11.4 Å². The molecular formula is C20H25N7O2. The number of carbonyl (C=O) groups is 1. The van der Waals surface area contributed by atoms with Crippen LogP contribution in [-0.4, -0.2) is 54.2 Å². The first-order valence-electron chi connectivity index (χ1n) is 10.00. The Morgan fingerprint density at radius 2 is 1.86 bits per heavy atom. The van der Waals surface area contributed by atoms with Crippen LogP contribution in [0.3, 0.4) is 0 Å². The first-order chi connectivity index (χ1) is 14.0. The highest BCUT2D eigenvalue weighted by molar-refractivity contribution is 5.80. The van der Waals surface area contributed by atoms with Crippen molar-refractivity contribution in [2.45, 2.75) is 51.5 Å². The maximum absolute atomic E-state index is 12.9. The molecule has 0 N–H and O–H groups in total. The third-order valence-electron chi connectivity index (χ3n) is 5.29. The van der Waals surface area contributed by atoms with E-state index in [1.54, 1.807) is 6.92 Å². The van der Waals surface area contributed by atoms with Gasteiger partial charge in [-0.1, -0.05) is 49.3 Å². The second kappa shape index (κ2) is 8.10. The molecule has 2 aromatic heterocycles. The van der Waals surface area contributed by atoms with E-state index in [0.717, 1.165) is 24.2 Å². The lowest BCUT2D eigenvalue weighted by Crippen LogP contribution is -2.42. The summed E-state index contributed by atoms with van der Waals surface area (Å²) in [6.07, 6.45) is 1.63. The van der Waals surface area contributed by atoms with Gasteiger partial charge in [0.2, 0.25) is 17.6 Å². The molecule has 1 fully saturated rings. The molecule has 29 heavy (non-hydrogen) atoms. The number of hydrogen-bond donors (Lipinski definition) is 0. The third kappa shape index (κ3) is 4.03. The lowest BCUT2D eigenvalue weighted by Gasteiger charge is -2.32. The quantitative estimate of drug-likeness (QED) is 0.654. The van der Waals surface area contributed by atoms with Gasteiger partial charge in [0, 0.05) is 30.5 Å². The normalized spacial score (nSPS) is 16.3. The van der Waals surface area contributed by atoms with Gasteiger partial charge < -0.3 is 9.42 Å². The van der Waals surface area contributed by atoms with Gasteiger partial charge in [-0.2, -0.15) is 9.78 Å². The number of nitrogens with zero attached hydrogens (tertiary/aromatic N) is 7. The van der Waals surface area contributed by atoms with Crippen molar-refractivity contribution in [1.29, 1.82) is 0 Å². The summed E-state index contributed by atoms with van der Waals surface area (Å²) in [4.78, 5) is 20.7. The molecule has 0 spiro atoms. The predicted molar refractivity (Wildman–Crippen MR) is 105 cm³/mol. The summed E-state index contributed by atoms with van der Waals surface area (Å²) >= 11 is 0. The van der Waals surface area contributed by atoms with Gasteiger partial charge in [-0.15, -0.1) is 10.2 Å². The number of piperidine rings is 1. The molecule has 0 unspecified atom stereocenters. The standard InChI is InChI=1S/C20H25N7O2/c1-13(2)19-21-17(24-29-19)16-9-11-26(12-10-16)20(28)14(3)27-23-18(22-25-27)15-7-5-4-6-8-15/h4-8,13-14,16H,9-12H2,1-3H3/t14-/m1/s1. The second-order valence-corrected chi connectivity index (χ2v) is 7.72. The van der Waals surface area contributed by atoms with Crippen molar-refractivity contribution in [2.24, 2.45) is 0 Å². The summed E-state index contributed by atoms with van der Waals surface area (Å²) in [7, 11) is 0. The number of carbonyl (C=O) groups excluding carboxylic acids is 1. The Balaban J connectivity index is 1.37. The highest BCUT2D eigenvalue weighted by Crippen LogP contribution is 2.28. The molecule has 4 rings (SSSR count). The summed E-state index contributed by atoms with van der Waals surface area (Å²) in [5, 5.41) is 16.7. The number of hydrogen-bond acceptors (Lipinski definition) is 7. The van der Waals surface area contributed by atoms with E-state index in [9.17, 15) is 4.79 Å². The number of likely N-dealkylation sites (tertiary alicyclic amines) is 1. The third-order valence-corrected chi connectivity index (χ3v) is 5.29. The van der Waals surface area contributed by atoms with Gasteiger partial charge in [-0.3, -0.25) is 4.79 Å². The van der Waals surface area contributed by atoms with Crippen LogP contribution in [0, 0.1) is 0 Å². The minimum absolute atomic E-state index is 0.00329. The van der Waals surface area contributed by atoms with Gasteiger partial charge in [0.25, 0.3) is 0 Å². The van der Waals surface area contributed by atoms with Crippen molar-refractivity contribution in [2.75, 3.05) is 13.1 Å². The van der Waals surface area contributed by atoms with Crippen LogP contribution in [-0.2, 0) is 4.79 Å². The van der Waals surface area contributed by atoms with Crippen molar-refractivity contribution >= 4 is 5.91 Å². The van der Waals surface area contributed by atoms with Gasteiger partial charge in [0.05, 0.1) is 0 Å². The van der Waals surface area contributed by atoms with Crippen molar-refractivity contribution in [3.05, 3.63) is 42.0 Å². The zero-order valence-electron chi connectivity index (χ0n) is 16.9. The van der Waals surface area contributed by atoms with Gasteiger partial charge in [0.1, 0.15) is 6.04 Å². The van der Waals surface area contributed by atoms with Crippen LogP contribution in [0.15, 0.2) is 34.9 Å². The van der Waals surface area contributed by atoms with Crippen LogP contribution in [0.4, 0.5) is 0 Å². The Kier molecular flexibility index (Phi) is 5.37. The van der Waals surface area contributed by atoms with Crippen molar-refractivity contribution < 1.29 is 9.32 Å². The minimum atomic E-state index is -0.505. The predicted octanol–water partition coefficient (Wildman–Crippen LogP) is 2.81. The largest absolute Gasteiger partial charge is 0.341 e. The fourth-order valence-corrected chi connectivity index (χ4v) is 3.46. The van der Waals surface area contributed by atoms with Crippen LogP contribution in [0.2, 0.25) is 0 Å². The Bertz CT molecular complexity index is 958. The molecule has 1 saturated heterocycles. The molecule has 3 aromatic rings. The lowest BCUT2D eigenvalue weighted by molar-refractivity contribution is -0.136. The number of benzene rings is 1. The molecule has 1 aliphatic heterocycles. The maximum Gasteiger partial charge on any atom is 0.249 e. The molecule has 3 heterocycles. The van der Waals surface area contributed by atoms with E-state index < -0.39 is 6.04 Å². The van der Waals surface area contributed by atoms with Crippen LogP contribution < -0.4 is 0 Å². The highest BCUT2D eigenvalue weighted by Gasteiger charge is 2.30. The lowest BCUT2D eigenvalue weighted by atomic mass is 9.95. The molecule has 1 aromatic carbocycles. The summed E-state index contributed by atoms with van der Waals surface area (Å²) in [5.74, 6) is 2.37.